The molecule has 0 unspecified atom stereocenters. The predicted octanol–water partition coefficient (Wildman–Crippen LogP) is 6.09. The van der Waals surface area contributed by atoms with Crippen LogP contribution in [-0.4, -0.2) is 64.5 Å². The summed E-state index contributed by atoms with van der Waals surface area (Å²) in [5.41, 5.74) is 0. The molecular formula is C22H51N3Si. The molecule has 0 aromatic rings. The van der Waals surface area contributed by atoms with Crippen molar-refractivity contribution in [3.8, 4) is 0 Å². The highest BCUT2D eigenvalue weighted by atomic mass is 28.4. The van der Waals surface area contributed by atoms with E-state index in [-0.39, 0.29) is 0 Å². The van der Waals surface area contributed by atoms with E-state index >= 15 is 0 Å². The van der Waals surface area contributed by atoms with Gasteiger partial charge in [-0.15, -0.1) is 0 Å². The summed E-state index contributed by atoms with van der Waals surface area (Å²) in [6, 6.07) is 1.35. The van der Waals surface area contributed by atoms with E-state index in [1.165, 1.54) is 95.9 Å². The molecule has 4 heteroatoms. The molecule has 0 aromatic heterocycles. The second-order valence-corrected chi connectivity index (χ2v) is 13.5. The Morgan fingerprint density at radius 3 is 0.962 bits per heavy atom. The van der Waals surface area contributed by atoms with E-state index < -0.39 is 8.56 Å². The Kier molecular flexibility index (Phi) is 16.1. The van der Waals surface area contributed by atoms with Crippen molar-refractivity contribution in [2.45, 2.75) is 103 Å². The summed E-state index contributed by atoms with van der Waals surface area (Å²) in [6.07, 6.45) is 20.1. The van der Waals surface area contributed by atoms with Crippen molar-refractivity contribution in [3.05, 3.63) is 0 Å². The van der Waals surface area contributed by atoms with Gasteiger partial charge in [-0.2, -0.15) is 0 Å². The van der Waals surface area contributed by atoms with Crippen molar-refractivity contribution < 1.29 is 0 Å². The second kappa shape index (κ2) is 16.1. The second-order valence-electron chi connectivity index (χ2n) is 8.80. The zero-order valence-corrected chi connectivity index (χ0v) is 20.4. The van der Waals surface area contributed by atoms with E-state index in [4.69, 9.17) is 0 Å². The van der Waals surface area contributed by atoms with E-state index in [0.29, 0.717) is 0 Å². The van der Waals surface area contributed by atoms with Crippen molar-refractivity contribution in [1.29, 1.82) is 0 Å². The molecule has 3 nitrogen and oxygen atoms in total. The molecule has 0 aliphatic rings. The predicted molar refractivity (Wildman–Crippen MR) is 122 cm³/mol. The molecule has 158 valence electrons. The molecule has 0 saturated carbocycles. The van der Waals surface area contributed by atoms with Gasteiger partial charge in [-0.3, -0.25) is 0 Å². The number of hydrogen-bond donors (Lipinski definition) is 0. The van der Waals surface area contributed by atoms with E-state index in [9.17, 15) is 0 Å². The summed E-state index contributed by atoms with van der Waals surface area (Å²) in [5.74, 6) is 0. The minimum Gasteiger partial charge on any atom is -0.305 e. The van der Waals surface area contributed by atoms with Crippen molar-refractivity contribution in [2.24, 2.45) is 0 Å². The van der Waals surface area contributed by atoms with Gasteiger partial charge in [-0.1, -0.05) is 96.8 Å². The summed E-state index contributed by atoms with van der Waals surface area (Å²) in [6.45, 7) is 2.30. The molecule has 0 saturated heterocycles. The fourth-order valence-corrected chi connectivity index (χ4v) is 8.89. The maximum absolute atomic E-state index is 2.50. The molecule has 0 atom stereocenters. The quantitative estimate of drug-likeness (QED) is 0.209. The Morgan fingerprint density at radius 2 is 0.692 bits per heavy atom. The van der Waals surface area contributed by atoms with Gasteiger partial charge in [0.2, 0.25) is 0 Å². The van der Waals surface area contributed by atoms with Crippen LogP contribution in [0.2, 0.25) is 6.04 Å². The third kappa shape index (κ3) is 10.4. The van der Waals surface area contributed by atoms with Crippen LogP contribution in [0.15, 0.2) is 0 Å². The summed E-state index contributed by atoms with van der Waals surface area (Å²) in [5, 5.41) is 0. The van der Waals surface area contributed by atoms with Gasteiger partial charge in [0.15, 0.2) is 0 Å². The Labute approximate surface area is 167 Å². The Morgan fingerprint density at radius 1 is 0.423 bits per heavy atom. The van der Waals surface area contributed by atoms with Crippen LogP contribution >= 0.6 is 0 Å². The normalized spacial score (nSPS) is 12.7. The molecular weight excluding hydrogens is 334 g/mol. The molecule has 0 radical (unpaired) electrons. The van der Waals surface area contributed by atoms with E-state index in [1.54, 1.807) is 0 Å². The monoisotopic (exact) mass is 385 g/mol. The molecule has 0 fully saturated rings. The molecule has 26 heavy (non-hydrogen) atoms. The van der Waals surface area contributed by atoms with Gasteiger partial charge in [0.05, 0.1) is 0 Å². The molecule has 0 aromatic carbocycles. The Balaban J connectivity index is 3.63. The van der Waals surface area contributed by atoms with Gasteiger partial charge in [0.1, 0.15) is 0 Å². The highest BCUT2D eigenvalue weighted by Crippen LogP contribution is 2.22. The van der Waals surface area contributed by atoms with Crippen molar-refractivity contribution in [2.75, 3.05) is 42.3 Å². The van der Waals surface area contributed by atoms with E-state index in [0.717, 1.165) is 0 Å². The van der Waals surface area contributed by atoms with E-state index in [1.807, 2.05) is 0 Å². The van der Waals surface area contributed by atoms with Crippen molar-refractivity contribution >= 4 is 8.56 Å². The smallest absolute Gasteiger partial charge is 0.288 e. The molecule has 0 heterocycles. The number of unbranched alkanes of at least 4 members (excludes halogenated alkanes) is 13. The lowest BCUT2D eigenvalue weighted by Crippen LogP contribution is -2.69. The average molecular weight is 386 g/mol. The third-order valence-electron chi connectivity index (χ3n) is 6.01. The minimum atomic E-state index is -1.63. The topological polar surface area (TPSA) is 9.72 Å². The first-order valence-electron chi connectivity index (χ1n) is 11.4. The van der Waals surface area contributed by atoms with Crippen LogP contribution < -0.4 is 0 Å². The first kappa shape index (κ1) is 26.1. The van der Waals surface area contributed by atoms with Gasteiger partial charge in [-0.05, 0) is 48.3 Å². The largest absolute Gasteiger partial charge is 0.305 e. The minimum absolute atomic E-state index is 1.35. The Hall–Kier alpha value is 0.0969. The zero-order chi connectivity index (χ0) is 19.8. The lowest BCUT2D eigenvalue weighted by Gasteiger charge is -2.46. The Bertz CT molecular complexity index is 284. The number of nitrogens with zero attached hydrogens (tertiary/aromatic N) is 3. The zero-order valence-electron chi connectivity index (χ0n) is 19.4. The third-order valence-corrected chi connectivity index (χ3v) is 11.3. The molecule has 0 spiro atoms. The summed E-state index contributed by atoms with van der Waals surface area (Å²) >= 11 is 0. The number of hydrogen-bond acceptors (Lipinski definition) is 3. The molecule has 0 N–H and O–H groups in total. The molecule has 0 aliphatic carbocycles. The van der Waals surface area contributed by atoms with Gasteiger partial charge < -0.3 is 13.7 Å². The van der Waals surface area contributed by atoms with Gasteiger partial charge in [0, 0.05) is 0 Å². The SMILES string of the molecule is CCCCCCCCCCCCCCCC[Si](N(C)C)(N(C)C)N(C)C. The fourth-order valence-electron chi connectivity index (χ4n) is 4.43. The van der Waals surface area contributed by atoms with Gasteiger partial charge in [0.25, 0.3) is 8.56 Å². The summed E-state index contributed by atoms with van der Waals surface area (Å²) in [4.78, 5) is 0. The maximum atomic E-state index is 2.50. The van der Waals surface area contributed by atoms with Crippen LogP contribution in [0.4, 0.5) is 0 Å². The number of rotatable bonds is 18. The van der Waals surface area contributed by atoms with Crippen molar-refractivity contribution in [3.63, 3.8) is 0 Å². The summed E-state index contributed by atoms with van der Waals surface area (Å²) in [7, 11) is 11.9. The van der Waals surface area contributed by atoms with Crippen LogP contribution in [0.3, 0.4) is 0 Å². The highest BCUT2D eigenvalue weighted by Gasteiger charge is 2.41. The summed E-state index contributed by atoms with van der Waals surface area (Å²) < 4.78 is 7.49. The molecule has 0 aliphatic heterocycles. The van der Waals surface area contributed by atoms with Crippen LogP contribution in [0.1, 0.15) is 96.8 Å². The maximum Gasteiger partial charge on any atom is 0.288 e. The lowest BCUT2D eigenvalue weighted by molar-refractivity contribution is 0.372. The molecule has 0 rings (SSSR count). The average Bonchev–Trinajstić information content (AvgIpc) is 2.57. The first-order chi connectivity index (χ1) is 12.4. The van der Waals surface area contributed by atoms with Gasteiger partial charge in [-0.25, -0.2) is 0 Å². The van der Waals surface area contributed by atoms with E-state index in [2.05, 4.69) is 62.9 Å². The van der Waals surface area contributed by atoms with Crippen LogP contribution in [0, 0.1) is 0 Å². The van der Waals surface area contributed by atoms with Crippen LogP contribution in [0.5, 0.6) is 0 Å². The lowest BCUT2D eigenvalue weighted by atomic mass is 10.0. The first-order valence-corrected chi connectivity index (χ1v) is 13.5. The fraction of sp³-hybridized carbons (Fsp3) is 1.00. The standard InChI is InChI=1S/C22H51N3Si/c1-8-9-10-11-12-13-14-15-16-17-18-19-20-21-22-26(23(2)3,24(4)5)25(6)7/h8-22H2,1-7H3. The van der Waals surface area contributed by atoms with Gasteiger partial charge >= 0.3 is 0 Å². The molecule has 0 bridgehead atoms. The highest BCUT2D eigenvalue weighted by molar-refractivity contribution is 6.71. The van der Waals surface area contributed by atoms with Crippen molar-refractivity contribution in [1.82, 2.24) is 13.7 Å². The molecule has 0 amide bonds. The van der Waals surface area contributed by atoms with Crippen LogP contribution in [-0.2, 0) is 0 Å². The van der Waals surface area contributed by atoms with Crippen LogP contribution in [0.25, 0.3) is 0 Å².